The van der Waals surface area contributed by atoms with Crippen LogP contribution in [0.25, 0.3) is 16.9 Å². The van der Waals surface area contributed by atoms with E-state index in [2.05, 4.69) is 10.2 Å². The maximum Gasteiger partial charge on any atom is 0.416 e. The first kappa shape index (κ1) is 23.1. The van der Waals surface area contributed by atoms with Crippen molar-refractivity contribution in [1.29, 1.82) is 0 Å². The van der Waals surface area contributed by atoms with E-state index in [0.717, 1.165) is 35.0 Å². The van der Waals surface area contributed by atoms with Gasteiger partial charge >= 0.3 is 6.18 Å². The number of hydrogen-bond donors (Lipinski definition) is 2. The predicted molar refractivity (Wildman–Crippen MR) is 101 cm³/mol. The van der Waals surface area contributed by atoms with Crippen LogP contribution in [-0.2, 0) is 13.2 Å². The molecule has 3 rings (SSSR count). The summed E-state index contributed by atoms with van der Waals surface area (Å²) in [7, 11) is 1.56. The molecule has 8 nitrogen and oxygen atoms in total. The average molecular weight is 457 g/mol. The van der Waals surface area contributed by atoms with Crippen LogP contribution in [0.4, 0.5) is 22.0 Å². The fourth-order valence-electron chi connectivity index (χ4n) is 2.70. The van der Waals surface area contributed by atoms with Crippen LogP contribution in [-0.4, -0.2) is 49.6 Å². The number of benzene rings is 1. The Morgan fingerprint density at radius 2 is 1.88 bits per heavy atom. The Kier molecular flexibility index (Phi) is 6.39. The predicted octanol–water partition coefficient (Wildman–Crippen LogP) is 2.01. The first-order valence-electron chi connectivity index (χ1n) is 9.03. The first-order chi connectivity index (χ1) is 15.0. The van der Waals surface area contributed by atoms with Gasteiger partial charge in [-0.1, -0.05) is 12.1 Å². The van der Waals surface area contributed by atoms with Crippen LogP contribution in [0.1, 0.15) is 15.9 Å². The van der Waals surface area contributed by atoms with Crippen molar-refractivity contribution in [3.05, 3.63) is 64.2 Å². The van der Waals surface area contributed by atoms with Gasteiger partial charge in [-0.2, -0.15) is 28.1 Å². The van der Waals surface area contributed by atoms with E-state index < -0.39 is 47.8 Å². The Hall–Kier alpha value is -3.61. The zero-order valence-corrected chi connectivity index (χ0v) is 16.3. The van der Waals surface area contributed by atoms with Crippen LogP contribution >= 0.6 is 0 Å². The van der Waals surface area contributed by atoms with Gasteiger partial charge in [0.25, 0.3) is 17.9 Å². The minimum absolute atomic E-state index is 0.0262. The van der Waals surface area contributed by atoms with Crippen LogP contribution in [0.15, 0.2) is 47.5 Å². The number of halogens is 5. The van der Waals surface area contributed by atoms with Gasteiger partial charge in [0.05, 0.1) is 23.7 Å². The van der Waals surface area contributed by atoms with Crippen molar-refractivity contribution in [2.75, 3.05) is 6.54 Å². The summed E-state index contributed by atoms with van der Waals surface area (Å²) >= 11 is 0. The van der Waals surface area contributed by atoms with Gasteiger partial charge in [0.1, 0.15) is 17.4 Å². The number of aryl methyl sites for hydroxylation is 1. The third-order valence-electron chi connectivity index (χ3n) is 4.36. The van der Waals surface area contributed by atoms with Crippen LogP contribution in [0.3, 0.4) is 0 Å². The summed E-state index contributed by atoms with van der Waals surface area (Å²) in [5, 5.41) is 19.2. The van der Waals surface area contributed by atoms with E-state index >= 15 is 0 Å². The molecule has 2 N–H and O–H groups in total. The van der Waals surface area contributed by atoms with Crippen LogP contribution < -0.4 is 10.9 Å². The van der Waals surface area contributed by atoms with Gasteiger partial charge in [0, 0.05) is 19.2 Å². The average Bonchev–Trinajstić information content (AvgIpc) is 3.17. The molecule has 0 aliphatic carbocycles. The lowest BCUT2D eigenvalue weighted by Gasteiger charge is -2.13. The third kappa shape index (κ3) is 4.99. The fraction of sp³-hybridized carbons (Fsp3) is 0.263. The zero-order valence-electron chi connectivity index (χ0n) is 16.3. The largest absolute Gasteiger partial charge is 0.416 e. The number of amides is 1. The second-order valence-corrected chi connectivity index (χ2v) is 6.72. The molecule has 1 amide bonds. The van der Waals surface area contributed by atoms with Crippen molar-refractivity contribution < 1.29 is 31.9 Å². The second kappa shape index (κ2) is 8.86. The molecule has 0 radical (unpaired) electrons. The molecule has 0 aliphatic rings. The highest BCUT2D eigenvalue weighted by Crippen LogP contribution is 2.30. The van der Waals surface area contributed by atoms with E-state index in [1.54, 1.807) is 7.05 Å². The van der Waals surface area contributed by atoms with Crippen molar-refractivity contribution >= 4 is 5.91 Å². The highest BCUT2D eigenvalue weighted by molar-refractivity contribution is 5.94. The van der Waals surface area contributed by atoms with E-state index in [-0.39, 0.29) is 16.9 Å². The third-order valence-corrected chi connectivity index (χ3v) is 4.36. The van der Waals surface area contributed by atoms with Gasteiger partial charge in [-0.25, -0.2) is 8.78 Å². The number of alkyl halides is 5. The topological polar surface area (TPSA) is 102 Å². The molecule has 1 unspecified atom stereocenters. The molecule has 2 aromatic heterocycles. The Balaban J connectivity index is 2.07. The number of hydrogen-bond acceptors (Lipinski definition) is 5. The molecule has 170 valence electrons. The molecule has 0 bridgehead atoms. The standard InChI is InChI=1S/C19H16F5N5O3/c1-28-9-12(7-26-28)29-18(32)13(17(31)25-8-15(30)16(20)21)6-14(27-29)10-2-4-11(5-3-10)19(22,23)24/h2-7,9,15-16,30H,8H2,1H3,(H,25,31). The number of aromatic nitrogens is 4. The summed E-state index contributed by atoms with van der Waals surface area (Å²) in [5.41, 5.74) is -2.04. The lowest BCUT2D eigenvalue weighted by atomic mass is 10.1. The number of nitrogens with zero attached hydrogens (tertiary/aromatic N) is 4. The molecule has 0 saturated heterocycles. The van der Waals surface area contributed by atoms with E-state index in [1.807, 2.05) is 5.32 Å². The number of carbonyl (C=O) groups excluding carboxylic acids is 1. The Labute approximate surface area is 176 Å². The van der Waals surface area contributed by atoms with E-state index in [9.17, 15) is 36.6 Å². The second-order valence-electron chi connectivity index (χ2n) is 6.72. The molecule has 3 aromatic rings. The van der Waals surface area contributed by atoms with Gasteiger partial charge in [-0.3, -0.25) is 14.3 Å². The molecule has 0 fully saturated rings. The highest BCUT2D eigenvalue weighted by atomic mass is 19.4. The molecular weight excluding hydrogens is 441 g/mol. The fourth-order valence-corrected chi connectivity index (χ4v) is 2.70. The van der Waals surface area contributed by atoms with E-state index in [4.69, 9.17) is 0 Å². The van der Waals surface area contributed by atoms with Gasteiger partial charge in [0.15, 0.2) is 0 Å². The van der Waals surface area contributed by atoms with Crippen LogP contribution in [0, 0.1) is 0 Å². The molecule has 1 aromatic carbocycles. The van der Waals surface area contributed by atoms with Crippen LogP contribution in [0.2, 0.25) is 0 Å². The van der Waals surface area contributed by atoms with E-state index in [0.29, 0.717) is 0 Å². The molecule has 0 saturated carbocycles. The van der Waals surface area contributed by atoms with Crippen molar-refractivity contribution in [3.8, 4) is 16.9 Å². The van der Waals surface area contributed by atoms with Gasteiger partial charge in [-0.15, -0.1) is 0 Å². The summed E-state index contributed by atoms with van der Waals surface area (Å²) in [6, 6.07) is 4.89. The lowest BCUT2D eigenvalue weighted by molar-refractivity contribution is -0.137. The van der Waals surface area contributed by atoms with Gasteiger partial charge in [0.2, 0.25) is 0 Å². The summed E-state index contributed by atoms with van der Waals surface area (Å²) in [6.45, 7) is -0.819. The number of rotatable bonds is 6. The SMILES string of the molecule is Cn1cc(-n2nc(-c3ccc(C(F)(F)F)cc3)cc(C(=O)NCC(O)C(F)F)c2=O)cn1. The molecule has 0 spiro atoms. The van der Waals surface area contributed by atoms with Crippen molar-refractivity contribution in [2.45, 2.75) is 18.7 Å². The summed E-state index contributed by atoms with van der Waals surface area (Å²) < 4.78 is 65.7. The smallest absolute Gasteiger partial charge is 0.385 e. The highest BCUT2D eigenvalue weighted by Gasteiger charge is 2.30. The van der Waals surface area contributed by atoms with Crippen molar-refractivity contribution in [2.24, 2.45) is 7.05 Å². The number of aliphatic hydroxyl groups excluding tert-OH is 1. The minimum atomic E-state index is -4.56. The van der Waals surface area contributed by atoms with Gasteiger partial charge < -0.3 is 10.4 Å². The van der Waals surface area contributed by atoms with Crippen LogP contribution in [0.5, 0.6) is 0 Å². The Morgan fingerprint density at radius 1 is 1.22 bits per heavy atom. The maximum atomic E-state index is 12.8. The normalized spacial score (nSPS) is 12.8. The Bertz CT molecular complexity index is 1170. The lowest BCUT2D eigenvalue weighted by Crippen LogP contribution is -2.39. The zero-order chi connectivity index (χ0) is 23.6. The van der Waals surface area contributed by atoms with Crippen molar-refractivity contribution in [3.63, 3.8) is 0 Å². The Morgan fingerprint density at radius 3 is 2.41 bits per heavy atom. The first-order valence-corrected chi connectivity index (χ1v) is 9.03. The molecular formula is C19H16F5N5O3. The summed E-state index contributed by atoms with van der Waals surface area (Å²) in [4.78, 5) is 25.3. The molecule has 0 aliphatic heterocycles. The van der Waals surface area contributed by atoms with Gasteiger partial charge in [-0.05, 0) is 18.2 Å². The number of aliphatic hydroxyl groups is 1. The monoisotopic (exact) mass is 457 g/mol. The molecule has 2 heterocycles. The summed E-state index contributed by atoms with van der Waals surface area (Å²) in [6.07, 6.45) is -7.13. The number of carbonyl (C=O) groups is 1. The molecule has 13 heteroatoms. The van der Waals surface area contributed by atoms with E-state index in [1.165, 1.54) is 17.1 Å². The van der Waals surface area contributed by atoms with Crippen molar-refractivity contribution in [1.82, 2.24) is 24.9 Å². The summed E-state index contributed by atoms with van der Waals surface area (Å²) in [5.74, 6) is -1.07. The quantitative estimate of drug-likeness (QED) is 0.552. The minimum Gasteiger partial charge on any atom is -0.385 e. The maximum absolute atomic E-state index is 12.8. The number of nitrogens with one attached hydrogen (secondary N) is 1. The molecule has 1 atom stereocenters. The molecule has 32 heavy (non-hydrogen) atoms.